The van der Waals surface area contributed by atoms with E-state index in [1.54, 1.807) is 0 Å². The molecule has 0 spiro atoms. The van der Waals surface area contributed by atoms with Crippen LogP contribution < -0.4 is 5.43 Å². The van der Waals surface area contributed by atoms with Crippen LogP contribution in [0.5, 0.6) is 0 Å². The van der Waals surface area contributed by atoms with Crippen LogP contribution in [0.4, 0.5) is 0 Å². The Morgan fingerprint density at radius 1 is 1.33 bits per heavy atom. The SMILES string of the molecule is CC1=NNC(=O)[C@]1(C)Cc1ccccc1. The number of hydrogen-bond acceptors (Lipinski definition) is 2. The number of hydrazone groups is 1. The zero-order chi connectivity index (χ0) is 10.9. The van der Waals surface area contributed by atoms with Gasteiger partial charge in [-0.3, -0.25) is 4.79 Å². The third kappa shape index (κ3) is 1.65. The highest BCUT2D eigenvalue weighted by atomic mass is 16.2. The number of carbonyl (C=O) groups is 1. The lowest BCUT2D eigenvalue weighted by Crippen LogP contribution is -2.36. The number of rotatable bonds is 2. The van der Waals surface area contributed by atoms with Gasteiger partial charge in [0.2, 0.25) is 0 Å². The largest absolute Gasteiger partial charge is 0.272 e. The zero-order valence-electron chi connectivity index (χ0n) is 8.95. The standard InChI is InChI=1S/C12H14N2O/c1-9-12(2,11(15)14-13-9)8-10-6-4-3-5-7-10/h3-7H,8H2,1-2H3,(H,14,15)/t12-/m1/s1. The summed E-state index contributed by atoms with van der Waals surface area (Å²) < 4.78 is 0. The van der Waals surface area contributed by atoms with Gasteiger partial charge in [-0.25, -0.2) is 5.43 Å². The molecule has 0 fully saturated rings. The maximum absolute atomic E-state index is 11.7. The molecule has 1 aromatic carbocycles. The summed E-state index contributed by atoms with van der Waals surface area (Å²) in [5, 5.41) is 3.98. The second-order valence-corrected chi connectivity index (χ2v) is 4.13. The summed E-state index contributed by atoms with van der Waals surface area (Å²) in [6.07, 6.45) is 0.703. The molecular weight excluding hydrogens is 188 g/mol. The Bertz CT molecular complexity index is 411. The van der Waals surface area contributed by atoms with E-state index in [4.69, 9.17) is 0 Å². The van der Waals surface area contributed by atoms with Crippen LogP contribution in [0.15, 0.2) is 35.4 Å². The van der Waals surface area contributed by atoms with Crippen LogP contribution in [0.3, 0.4) is 0 Å². The molecule has 1 N–H and O–H groups in total. The average molecular weight is 202 g/mol. The van der Waals surface area contributed by atoms with Crippen LogP contribution in [0.2, 0.25) is 0 Å². The Hall–Kier alpha value is -1.64. The minimum absolute atomic E-state index is 0.0103. The third-order valence-corrected chi connectivity index (χ3v) is 3.03. The van der Waals surface area contributed by atoms with Gasteiger partial charge in [-0.1, -0.05) is 30.3 Å². The predicted octanol–water partition coefficient (Wildman–Crippen LogP) is 1.74. The van der Waals surface area contributed by atoms with Gasteiger partial charge in [-0.2, -0.15) is 5.10 Å². The monoisotopic (exact) mass is 202 g/mol. The van der Waals surface area contributed by atoms with E-state index >= 15 is 0 Å². The Balaban J connectivity index is 2.25. The average Bonchev–Trinajstić information content (AvgIpc) is 2.48. The lowest BCUT2D eigenvalue weighted by atomic mass is 9.80. The fourth-order valence-electron chi connectivity index (χ4n) is 1.76. The highest BCUT2D eigenvalue weighted by molar-refractivity contribution is 6.11. The molecule has 0 saturated heterocycles. The number of nitrogens with zero attached hydrogens (tertiary/aromatic N) is 1. The normalized spacial score (nSPS) is 24.9. The van der Waals surface area contributed by atoms with E-state index in [9.17, 15) is 4.79 Å². The minimum atomic E-state index is -0.485. The molecular formula is C12H14N2O. The smallest absolute Gasteiger partial charge is 0.252 e. The van der Waals surface area contributed by atoms with Crippen molar-refractivity contribution in [2.45, 2.75) is 20.3 Å². The van der Waals surface area contributed by atoms with Crippen molar-refractivity contribution in [2.75, 3.05) is 0 Å². The summed E-state index contributed by atoms with van der Waals surface area (Å²) in [5.74, 6) is -0.0103. The zero-order valence-corrected chi connectivity index (χ0v) is 8.95. The van der Waals surface area contributed by atoms with Crippen molar-refractivity contribution in [3.8, 4) is 0 Å². The number of carbonyl (C=O) groups excluding carboxylic acids is 1. The highest BCUT2D eigenvalue weighted by Crippen LogP contribution is 2.28. The van der Waals surface area contributed by atoms with Crippen molar-refractivity contribution in [1.29, 1.82) is 0 Å². The first-order chi connectivity index (χ1) is 7.13. The molecule has 0 bridgehead atoms. The molecule has 1 atom stereocenters. The van der Waals surface area contributed by atoms with Crippen molar-refractivity contribution in [2.24, 2.45) is 10.5 Å². The second kappa shape index (κ2) is 3.50. The number of hydrogen-bond donors (Lipinski definition) is 1. The molecule has 3 nitrogen and oxygen atoms in total. The molecule has 1 aliphatic rings. The van der Waals surface area contributed by atoms with Gasteiger partial charge >= 0.3 is 0 Å². The number of nitrogens with one attached hydrogen (secondary N) is 1. The second-order valence-electron chi connectivity index (χ2n) is 4.13. The summed E-state index contributed by atoms with van der Waals surface area (Å²) in [6.45, 7) is 3.82. The minimum Gasteiger partial charge on any atom is -0.272 e. The summed E-state index contributed by atoms with van der Waals surface area (Å²) in [6, 6.07) is 10.0. The predicted molar refractivity (Wildman–Crippen MR) is 59.5 cm³/mol. The van der Waals surface area contributed by atoms with Crippen LogP contribution in [0.25, 0.3) is 0 Å². The molecule has 78 valence electrons. The lowest BCUT2D eigenvalue weighted by Gasteiger charge is -2.20. The van der Waals surface area contributed by atoms with Crippen molar-refractivity contribution >= 4 is 11.6 Å². The summed E-state index contributed by atoms with van der Waals surface area (Å²) >= 11 is 0. The van der Waals surface area contributed by atoms with E-state index in [1.807, 2.05) is 44.2 Å². The number of benzene rings is 1. The van der Waals surface area contributed by atoms with Crippen LogP contribution in [-0.4, -0.2) is 11.6 Å². The van der Waals surface area contributed by atoms with Crippen molar-refractivity contribution in [3.63, 3.8) is 0 Å². The molecule has 0 unspecified atom stereocenters. The molecule has 1 aromatic rings. The van der Waals surface area contributed by atoms with Gasteiger partial charge in [0.15, 0.2) is 0 Å². The van der Waals surface area contributed by atoms with E-state index in [-0.39, 0.29) is 5.91 Å². The molecule has 1 heterocycles. The van der Waals surface area contributed by atoms with Gasteiger partial charge in [-0.15, -0.1) is 0 Å². The fourth-order valence-corrected chi connectivity index (χ4v) is 1.76. The molecule has 0 saturated carbocycles. The first kappa shape index (κ1) is 9.90. The van der Waals surface area contributed by atoms with Crippen LogP contribution in [0.1, 0.15) is 19.4 Å². The Morgan fingerprint density at radius 3 is 2.53 bits per heavy atom. The fraction of sp³-hybridized carbons (Fsp3) is 0.333. The van der Waals surface area contributed by atoms with E-state index in [0.29, 0.717) is 6.42 Å². The lowest BCUT2D eigenvalue weighted by molar-refractivity contribution is -0.125. The topological polar surface area (TPSA) is 41.5 Å². The van der Waals surface area contributed by atoms with Crippen LogP contribution in [-0.2, 0) is 11.2 Å². The molecule has 1 amide bonds. The van der Waals surface area contributed by atoms with Gasteiger partial charge in [0.05, 0.1) is 11.1 Å². The van der Waals surface area contributed by atoms with Crippen molar-refractivity contribution < 1.29 is 4.79 Å². The first-order valence-electron chi connectivity index (χ1n) is 5.02. The Labute approximate surface area is 89.2 Å². The van der Waals surface area contributed by atoms with Crippen molar-refractivity contribution in [1.82, 2.24) is 5.43 Å². The van der Waals surface area contributed by atoms with Gasteiger partial charge < -0.3 is 0 Å². The van der Waals surface area contributed by atoms with E-state index in [2.05, 4.69) is 10.5 Å². The number of amides is 1. The van der Waals surface area contributed by atoms with E-state index in [0.717, 1.165) is 11.3 Å². The maximum atomic E-state index is 11.7. The quantitative estimate of drug-likeness (QED) is 0.779. The van der Waals surface area contributed by atoms with Gasteiger partial charge in [0, 0.05) is 0 Å². The molecule has 0 radical (unpaired) electrons. The summed E-state index contributed by atoms with van der Waals surface area (Å²) in [5.41, 5.74) is 4.06. The molecule has 0 aromatic heterocycles. The van der Waals surface area contributed by atoms with Gasteiger partial charge in [-0.05, 0) is 25.8 Å². The first-order valence-corrected chi connectivity index (χ1v) is 5.02. The van der Waals surface area contributed by atoms with Crippen molar-refractivity contribution in [3.05, 3.63) is 35.9 Å². The molecule has 0 aliphatic carbocycles. The summed E-state index contributed by atoms with van der Waals surface area (Å²) in [4.78, 5) is 11.7. The molecule has 2 rings (SSSR count). The summed E-state index contributed by atoms with van der Waals surface area (Å²) in [7, 11) is 0. The van der Waals surface area contributed by atoms with Crippen LogP contribution in [0, 0.1) is 5.41 Å². The maximum Gasteiger partial charge on any atom is 0.252 e. The third-order valence-electron chi connectivity index (χ3n) is 3.03. The Kier molecular flexibility index (Phi) is 2.31. The van der Waals surface area contributed by atoms with Crippen LogP contribution >= 0.6 is 0 Å². The van der Waals surface area contributed by atoms with Gasteiger partial charge in [0.25, 0.3) is 5.91 Å². The highest BCUT2D eigenvalue weighted by Gasteiger charge is 2.40. The van der Waals surface area contributed by atoms with E-state index < -0.39 is 5.41 Å². The van der Waals surface area contributed by atoms with Gasteiger partial charge in [0.1, 0.15) is 0 Å². The Morgan fingerprint density at radius 2 is 2.00 bits per heavy atom. The molecule has 1 aliphatic heterocycles. The van der Waals surface area contributed by atoms with E-state index in [1.165, 1.54) is 0 Å². The molecule has 15 heavy (non-hydrogen) atoms. The molecule has 3 heteroatoms.